The number of H-pyrrole nitrogens is 2. The number of amides is 4. The highest BCUT2D eigenvalue weighted by Crippen LogP contribution is 2.44. The number of hydrogen-bond acceptors (Lipinski definition) is 10. The number of carbonyl (C=O) groups excluding carboxylic acids is 4. The molecule has 0 saturated carbocycles. The Bertz CT molecular complexity index is 2580. The zero-order valence-electron chi connectivity index (χ0n) is 38.7. The van der Waals surface area contributed by atoms with Gasteiger partial charge in [0, 0.05) is 42.2 Å². The second-order valence-corrected chi connectivity index (χ2v) is 18.4. The number of aromatic nitrogens is 4. The summed E-state index contributed by atoms with van der Waals surface area (Å²) in [5.41, 5.74) is 6.04. The van der Waals surface area contributed by atoms with E-state index in [4.69, 9.17) is 28.9 Å². The van der Waals surface area contributed by atoms with Crippen molar-refractivity contribution in [1.82, 2.24) is 40.4 Å². The van der Waals surface area contributed by atoms with Crippen LogP contribution in [0.3, 0.4) is 0 Å². The van der Waals surface area contributed by atoms with E-state index in [-0.39, 0.29) is 29.8 Å². The fourth-order valence-electron chi connectivity index (χ4n) is 9.99. The molecule has 2 saturated heterocycles. The molecule has 0 spiro atoms. The monoisotopic (exact) mass is 890 g/mol. The lowest BCUT2D eigenvalue weighted by Crippen LogP contribution is -2.57. The highest BCUT2D eigenvalue weighted by molar-refractivity contribution is 6.07. The third kappa shape index (κ3) is 8.84. The minimum absolute atomic E-state index is 0.111. The van der Waals surface area contributed by atoms with E-state index in [0.29, 0.717) is 50.9 Å². The standard InChI is InChI=1S/C49H62N8O8/c1-9-11-28(4)57(45(58)40(27(2)3)54-47(60)62-7)29(5)43-51-36-16-14-30-23-35-33-15-13-31(22-32(33)26-65-39(35)24-34(30)41(36)53-43)37-25-50-44(52-37)38-12-10-19-56(38)46(59)42(55-48(61)63-8)49(6)17-20-64-21-18-49/h13-16,22-25,27-29,38,40,42H,9-12,17-21,26H2,1-8H3,(H,50,52)(H,51,53)(H,54,60)(H,55,61)/t28-,29-,38-,40-,42?/m0/s1. The number of nitrogens with zero attached hydrogens (tertiary/aromatic N) is 4. The van der Waals surface area contributed by atoms with Gasteiger partial charge in [0.1, 0.15) is 36.1 Å². The smallest absolute Gasteiger partial charge is 0.407 e. The summed E-state index contributed by atoms with van der Waals surface area (Å²) in [6, 6.07) is 12.3. The number of alkyl carbamates (subject to hydrolysis) is 2. The van der Waals surface area contributed by atoms with Crippen molar-refractivity contribution in [3.8, 4) is 28.1 Å². The average molecular weight is 891 g/mol. The van der Waals surface area contributed by atoms with Gasteiger partial charge in [0.25, 0.3) is 0 Å². The van der Waals surface area contributed by atoms with E-state index in [0.717, 1.165) is 81.2 Å². The Labute approximate surface area is 379 Å². The number of likely N-dealkylation sites (tertiary alicyclic amines) is 1. The number of imidazole rings is 2. The summed E-state index contributed by atoms with van der Waals surface area (Å²) in [6.07, 6.45) is 5.09. The first kappa shape index (κ1) is 45.4. The van der Waals surface area contributed by atoms with Crippen molar-refractivity contribution in [2.45, 2.75) is 117 Å². The second kappa shape index (κ2) is 18.7. The normalized spacial score (nSPS) is 18.5. The highest BCUT2D eigenvalue weighted by Gasteiger charge is 2.46. The Hall–Kier alpha value is -6.16. The van der Waals surface area contributed by atoms with Crippen molar-refractivity contribution in [3.05, 3.63) is 65.9 Å². The molecule has 4 amide bonds. The molecule has 2 aromatic heterocycles. The van der Waals surface area contributed by atoms with E-state index in [1.165, 1.54) is 14.2 Å². The lowest BCUT2D eigenvalue weighted by molar-refractivity contribution is -0.140. The SMILES string of the molecule is CCC[C@H](C)N(C(=O)[C@@H](NC(=O)OC)C(C)C)[C@@H](C)c1nc2ccc3cc4c(cc3c2[nH]1)OCc1cc(-c2cnc([C@@H]3CCCN3C(=O)C(NC(=O)OC)C3(C)CCOCC3)[nH]2)ccc1-4. The molecule has 3 aliphatic rings. The summed E-state index contributed by atoms with van der Waals surface area (Å²) in [6.45, 7) is 13.9. The van der Waals surface area contributed by atoms with Gasteiger partial charge >= 0.3 is 12.2 Å². The van der Waals surface area contributed by atoms with E-state index in [1.807, 2.05) is 56.7 Å². The molecule has 1 unspecified atom stereocenters. The van der Waals surface area contributed by atoms with Crippen LogP contribution in [-0.4, -0.2) is 106 Å². The fourth-order valence-corrected chi connectivity index (χ4v) is 9.99. The Balaban J connectivity index is 1.04. The van der Waals surface area contributed by atoms with Gasteiger partial charge in [-0.3, -0.25) is 9.59 Å². The molecule has 2 fully saturated rings. The maximum atomic E-state index is 14.3. The number of carbonyl (C=O) groups is 4. The average Bonchev–Trinajstić information content (AvgIpc) is 4.10. The highest BCUT2D eigenvalue weighted by atomic mass is 16.5. The minimum atomic E-state index is -0.766. The molecule has 0 aliphatic carbocycles. The van der Waals surface area contributed by atoms with Crippen molar-refractivity contribution < 1.29 is 38.1 Å². The molecular weight excluding hydrogens is 829 g/mol. The van der Waals surface area contributed by atoms with E-state index in [9.17, 15) is 19.2 Å². The van der Waals surface area contributed by atoms with E-state index < -0.39 is 35.7 Å². The predicted octanol–water partition coefficient (Wildman–Crippen LogP) is 8.33. The number of nitrogens with one attached hydrogen (secondary N) is 4. The summed E-state index contributed by atoms with van der Waals surface area (Å²) < 4.78 is 21.9. The largest absolute Gasteiger partial charge is 0.488 e. The third-order valence-corrected chi connectivity index (χ3v) is 13.8. The van der Waals surface area contributed by atoms with Crippen LogP contribution in [0.1, 0.15) is 109 Å². The molecule has 0 bridgehead atoms. The van der Waals surface area contributed by atoms with Gasteiger partial charge in [0.2, 0.25) is 11.8 Å². The van der Waals surface area contributed by atoms with Crippen LogP contribution in [0.4, 0.5) is 9.59 Å². The van der Waals surface area contributed by atoms with Crippen molar-refractivity contribution in [2.75, 3.05) is 34.0 Å². The van der Waals surface area contributed by atoms with Crippen molar-refractivity contribution >= 4 is 45.8 Å². The molecule has 65 heavy (non-hydrogen) atoms. The molecule has 5 aromatic rings. The maximum absolute atomic E-state index is 14.3. The van der Waals surface area contributed by atoms with Crippen LogP contribution in [0.25, 0.3) is 44.2 Å². The molecule has 16 nitrogen and oxygen atoms in total. The summed E-state index contributed by atoms with van der Waals surface area (Å²) in [7, 11) is 2.60. The number of aromatic amines is 2. The molecule has 16 heteroatoms. The lowest BCUT2D eigenvalue weighted by Gasteiger charge is -2.41. The van der Waals surface area contributed by atoms with Crippen LogP contribution in [0.2, 0.25) is 0 Å². The summed E-state index contributed by atoms with van der Waals surface area (Å²) >= 11 is 0. The van der Waals surface area contributed by atoms with Gasteiger partial charge in [-0.05, 0) is 98.2 Å². The Morgan fingerprint density at radius 3 is 2.45 bits per heavy atom. The second-order valence-electron chi connectivity index (χ2n) is 18.4. The first-order valence-electron chi connectivity index (χ1n) is 22.9. The van der Waals surface area contributed by atoms with Crippen LogP contribution in [0.15, 0.2) is 48.7 Å². The molecular formula is C49H62N8O8. The van der Waals surface area contributed by atoms with Crippen LogP contribution in [-0.2, 0) is 30.4 Å². The zero-order chi connectivity index (χ0) is 46.2. The lowest BCUT2D eigenvalue weighted by atomic mass is 9.75. The molecule has 346 valence electrons. The minimum Gasteiger partial charge on any atom is -0.488 e. The number of benzene rings is 3. The Kier molecular flexibility index (Phi) is 13.1. The summed E-state index contributed by atoms with van der Waals surface area (Å²) in [5.74, 6) is 1.64. The van der Waals surface area contributed by atoms with Crippen molar-refractivity contribution in [2.24, 2.45) is 11.3 Å². The van der Waals surface area contributed by atoms with Crippen LogP contribution < -0.4 is 15.4 Å². The number of fused-ring (bicyclic) bond motifs is 6. The van der Waals surface area contributed by atoms with Gasteiger partial charge in [-0.1, -0.05) is 52.3 Å². The number of methoxy groups -OCH3 is 2. The number of rotatable bonds is 13. The number of ether oxygens (including phenoxy) is 4. The van der Waals surface area contributed by atoms with Crippen LogP contribution >= 0.6 is 0 Å². The first-order chi connectivity index (χ1) is 31.2. The topological polar surface area (TPSA) is 193 Å². The van der Waals surface area contributed by atoms with Gasteiger partial charge < -0.3 is 49.3 Å². The molecule has 3 aromatic carbocycles. The van der Waals surface area contributed by atoms with Gasteiger partial charge in [-0.25, -0.2) is 19.6 Å². The molecule has 5 heterocycles. The summed E-state index contributed by atoms with van der Waals surface area (Å²) in [5, 5.41) is 7.58. The molecule has 0 radical (unpaired) electrons. The van der Waals surface area contributed by atoms with Crippen molar-refractivity contribution in [3.63, 3.8) is 0 Å². The van der Waals surface area contributed by atoms with E-state index in [1.54, 1.807) is 0 Å². The predicted molar refractivity (Wildman–Crippen MR) is 246 cm³/mol. The van der Waals surface area contributed by atoms with Gasteiger partial charge in [-0.15, -0.1) is 0 Å². The molecule has 5 atom stereocenters. The van der Waals surface area contributed by atoms with Crippen molar-refractivity contribution in [1.29, 1.82) is 0 Å². The Morgan fingerprint density at radius 1 is 0.969 bits per heavy atom. The van der Waals surface area contributed by atoms with Crippen LogP contribution in [0, 0.1) is 11.3 Å². The van der Waals surface area contributed by atoms with Crippen LogP contribution in [0.5, 0.6) is 5.75 Å². The molecule has 4 N–H and O–H groups in total. The van der Waals surface area contributed by atoms with E-state index >= 15 is 0 Å². The van der Waals surface area contributed by atoms with Gasteiger partial charge in [-0.2, -0.15) is 0 Å². The quantitative estimate of drug-likeness (QED) is 0.0893. The van der Waals surface area contributed by atoms with Gasteiger partial charge in [0.05, 0.1) is 49.2 Å². The maximum Gasteiger partial charge on any atom is 0.407 e. The number of hydrogen-bond donors (Lipinski definition) is 4. The fraction of sp³-hybridized carbons (Fsp3) is 0.510. The first-order valence-corrected chi connectivity index (χ1v) is 22.9. The third-order valence-electron chi connectivity index (χ3n) is 13.8. The zero-order valence-corrected chi connectivity index (χ0v) is 38.7. The molecule has 3 aliphatic heterocycles. The molecule has 8 rings (SSSR count). The Morgan fingerprint density at radius 2 is 1.72 bits per heavy atom. The van der Waals surface area contributed by atoms with E-state index in [2.05, 4.69) is 63.9 Å². The summed E-state index contributed by atoms with van der Waals surface area (Å²) in [4.78, 5) is 73.8. The van der Waals surface area contributed by atoms with Gasteiger partial charge in [0.15, 0.2) is 0 Å².